The molecular weight excluding hydrogens is 222 g/mol. The van der Waals surface area contributed by atoms with E-state index in [4.69, 9.17) is 25.4 Å². The van der Waals surface area contributed by atoms with Gasteiger partial charge in [-0.1, -0.05) is 6.07 Å². The Hall–Kier alpha value is -1.30. The lowest BCUT2D eigenvalue weighted by Gasteiger charge is -2.15. The first-order valence-electron chi connectivity index (χ1n) is 5.59. The van der Waals surface area contributed by atoms with Crippen LogP contribution in [0.5, 0.6) is 11.5 Å². The van der Waals surface area contributed by atoms with Crippen LogP contribution in [0.3, 0.4) is 0 Å². The average molecular weight is 241 g/mol. The van der Waals surface area contributed by atoms with Crippen molar-refractivity contribution in [3.63, 3.8) is 0 Å². The van der Waals surface area contributed by atoms with Gasteiger partial charge in [-0.05, 0) is 24.6 Å². The molecule has 96 valence electrons. The maximum absolute atomic E-state index is 8.99. The van der Waals surface area contributed by atoms with Gasteiger partial charge in [-0.3, -0.25) is 0 Å². The molecule has 0 radical (unpaired) electrons. The number of aliphatic hydroxyl groups excluding tert-OH is 2. The fraction of sp³-hybridized carbons (Fsp3) is 0.500. The average Bonchev–Trinajstić information content (AvgIpc) is 2.36. The van der Waals surface area contributed by atoms with E-state index in [0.717, 1.165) is 5.56 Å². The van der Waals surface area contributed by atoms with Crippen molar-refractivity contribution in [1.82, 2.24) is 0 Å². The molecule has 1 aromatic carbocycles. The molecule has 1 atom stereocenters. The van der Waals surface area contributed by atoms with E-state index in [1.54, 1.807) is 18.2 Å². The number of hydrogen-bond donors (Lipinski definition) is 3. The third kappa shape index (κ3) is 3.89. The number of rotatable bonds is 7. The van der Waals surface area contributed by atoms with Crippen molar-refractivity contribution in [3.05, 3.63) is 23.8 Å². The summed E-state index contributed by atoms with van der Waals surface area (Å²) in [5, 5.41) is 17.7. The molecule has 0 saturated carbocycles. The summed E-state index contributed by atoms with van der Waals surface area (Å²) >= 11 is 0. The monoisotopic (exact) mass is 241 g/mol. The van der Waals surface area contributed by atoms with Crippen molar-refractivity contribution in [3.8, 4) is 11.5 Å². The molecule has 0 heterocycles. The third-order valence-electron chi connectivity index (χ3n) is 2.24. The minimum atomic E-state index is -0.430. The molecule has 0 aromatic heterocycles. The van der Waals surface area contributed by atoms with Crippen LogP contribution in [0.25, 0.3) is 0 Å². The van der Waals surface area contributed by atoms with Gasteiger partial charge in [0, 0.05) is 0 Å². The van der Waals surface area contributed by atoms with Crippen LogP contribution in [0.15, 0.2) is 18.2 Å². The summed E-state index contributed by atoms with van der Waals surface area (Å²) in [6, 6.07) is 4.82. The summed E-state index contributed by atoms with van der Waals surface area (Å²) in [6.45, 7) is 2.42. The standard InChI is InChI=1S/C12H19NO4/c1-2-16-12-7-9(10(13)8-15)3-4-11(12)17-6-5-14/h3-4,7,10,14-15H,2,5-6,8,13H2,1H3/t10-/m0/s1. The Morgan fingerprint density at radius 3 is 2.59 bits per heavy atom. The van der Waals surface area contributed by atoms with Crippen molar-refractivity contribution < 1.29 is 19.7 Å². The van der Waals surface area contributed by atoms with Gasteiger partial charge in [-0.25, -0.2) is 0 Å². The van der Waals surface area contributed by atoms with Crippen molar-refractivity contribution in [2.75, 3.05) is 26.4 Å². The Morgan fingerprint density at radius 2 is 2.00 bits per heavy atom. The Kier molecular flexibility index (Phi) is 5.76. The van der Waals surface area contributed by atoms with Crippen molar-refractivity contribution in [2.45, 2.75) is 13.0 Å². The quantitative estimate of drug-likeness (QED) is 0.645. The summed E-state index contributed by atoms with van der Waals surface area (Å²) < 4.78 is 10.8. The van der Waals surface area contributed by atoms with Gasteiger partial charge in [0.1, 0.15) is 6.61 Å². The molecule has 0 unspecified atom stereocenters. The highest BCUT2D eigenvalue weighted by molar-refractivity contribution is 5.43. The topological polar surface area (TPSA) is 84.9 Å². The lowest BCUT2D eigenvalue weighted by molar-refractivity contribution is 0.194. The Morgan fingerprint density at radius 1 is 1.24 bits per heavy atom. The van der Waals surface area contributed by atoms with E-state index in [2.05, 4.69) is 0 Å². The lowest BCUT2D eigenvalue weighted by atomic mass is 10.1. The van der Waals surface area contributed by atoms with Gasteiger partial charge in [0.2, 0.25) is 0 Å². The minimum absolute atomic E-state index is 0.0521. The summed E-state index contributed by atoms with van der Waals surface area (Å²) in [4.78, 5) is 0. The lowest BCUT2D eigenvalue weighted by Crippen LogP contribution is -2.14. The fourth-order valence-corrected chi connectivity index (χ4v) is 1.40. The van der Waals surface area contributed by atoms with Crippen LogP contribution < -0.4 is 15.2 Å². The van der Waals surface area contributed by atoms with Gasteiger partial charge in [-0.2, -0.15) is 0 Å². The zero-order chi connectivity index (χ0) is 12.7. The maximum Gasteiger partial charge on any atom is 0.161 e. The summed E-state index contributed by atoms with van der Waals surface area (Å²) in [5.74, 6) is 1.14. The highest BCUT2D eigenvalue weighted by Crippen LogP contribution is 2.30. The minimum Gasteiger partial charge on any atom is -0.490 e. The molecule has 5 heteroatoms. The van der Waals surface area contributed by atoms with Crippen molar-refractivity contribution in [1.29, 1.82) is 0 Å². The molecule has 0 aliphatic carbocycles. The maximum atomic E-state index is 8.99. The molecule has 0 aliphatic rings. The first-order chi connectivity index (χ1) is 8.22. The second-order valence-corrected chi connectivity index (χ2v) is 3.50. The fourth-order valence-electron chi connectivity index (χ4n) is 1.40. The van der Waals surface area contributed by atoms with E-state index in [1.165, 1.54) is 0 Å². The van der Waals surface area contributed by atoms with Crippen LogP contribution in [0.2, 0.25) is 0 Å². The summed E-state index contributed by atoms with van der Waals surface area (Å²) in [5.41, 5.74) is 6.51. The van der Waals surface area contributed by atoms with Crippen LogP contribution in [0.1, 0.15) is 18.5 Å². The Bertz CT molecular complexity index is 343. The molecule has 1 aromatic rings. The number of nitrogens with two attached hydrogens (primary N) is 1. The van der Waals surface area contributed by atoms with Crippen LogP contribution in [0, 0.1) is 0 Å². The highest BCUT2D eigenvalue weighted by atomic mass is 16.5. The van der Waals surface area contributed by atoms with Gasteiger partial charge in [0.05, 0.1) is 25.9 Å². The molecule has 1 rings (SSSR count). The van der Waals surface area contributed by atoms with Crippen LogP contribution in [-0.4, -0.2) is 36.6 Å². The number of benzene rings is 1. The number of hydrogen-bond acceptors (Lipinski definition) is 5. The zero-order valence-corrected chi connectivity index (χ0v) is 9.93. The first-order valence-corrected chi connectivity index (χ1v) is 5.59. The summed E-state index contributed by atoms with van der Waals surface area (Å²) in [7, 11) is 0. The van der Waals surface area contributed by atoms with E-state index < -0.39 is 6.04 Å². The van der Waals surface area contributed by atoms with E-state index in [-0.39, 0.29) is 19.8 Å². The molecular formula is C12H19NO4. The third-order valence-corrected chi connectivity index (χ3v) is 2.24. The molecule has 0 amide bonds. The van der Waals surface area contributed by atoms with Crippen molar-refractivity contribution >= 4 is 0 Å². The largest absolute Gasteiger partial charge is 0.490 e. The predicted molar refractivity (Wildman–Crippen MR) is 64.2 cm³/mol. The molecule has 0 bridgehead atoms. The van der Waals surface area contributed by atoms with Gasteiger partial charge < -0.3 is 25.4 Å². The second-order valence-electron chi connectivity index (χ2n) is 3.50. The molecule has 0 saturated heterocycles. The van der Waals surface area contributed by atoms with Crippen LogP contribution in [-0.2, 0) is 0 Å². The molecule has 4 N–H and O–H groups in total. The van der Waals surface area contributed by atoms with Crippen LogP contribution >= 0.6 is 0 Å². The molecule has 5 nitrogen and oxygen atoms in total. The van der Waals surface area contributed by atoms with Gasteiger partial charge in [0.15, 0.2) is 11.5 Å². The van der Waals surface area contributed by atoms with Crippen LogP contribution in [0.4, 0.5) is 0 Å². The normalized spacial score (nSPS) is 12.2. The Balaban J connectivity index is 2.90. The molecule has 0 spiro atoms. The smallest absolute Gasteiger partial charge is 0.161 e. The molecule has 0 aliphatic heterocycles. The number of ether oxygens (including phenoxy) is 2. The zero-order valence-electron chi connectivity index (χ0n) is 9.93. The van der Waals surface area contributed by atoms with Crippen molar-refractivity contribution in [2.24, 2.45) is 5.73 Å². The van der Waals surface area contributed by atoms with E-state index in [9.17, 15) is 0 Å². The van der Waals surface area contributed by atoms with E-state index in [0.29, 0.717) is 18.1 Å². The van der Waals surface area contributed by atoms with E-state index >= 15 is 0 Å². The SMILES string of the molecule is CCOc1cc([C@@H](N)CO)ccc1OCCO. The molecule has 0 fully saturated rings. The summed E-state index contributed by atoms with van der Waals surface area (Å²) in [6.07, 6.45) is 0. The second kappa shape index (κ2) is 7.11. The van der Waals surface area contributed by atoms with Gasteiger partial charge in [0.25, 0.3) is 0 Å². The Labute approximate surface area is 101 Å². The van der Waals surface area contributed by atoms with Gasteiger partial charge in [-0.15, -0.1) is 0 Å². The van der Waals surface area contributed by atoms with Gasteiger partial charge >= 0.3 is 0 Å². The predicted octanol–water partition coefficient (Wildman–Crippen LogP) is 0.449. The highest BCUT2D eigenvalue weighted by Gasteiger charge is 2.10. The molecule has 17 heavy (non-hydrogen) atoms. The number of aliphatic hydroxyl groups is 2. The van der Waals surface area contributed by atoms with E-state index in [1.807, 2.05) is 6.92 Å². The first kappa shape index (κ1) is 13.8.